The van der Waals surface area contributed by atoms with E-state index in [1.54, 1.807) is 11.8 Å². The van der Waals surface area contributed by atoms with E-state index in [0.717, 1.165) is 29.2 Å². The van der Waals surface area contributed by atoms with Crippen molar-refractivity contribution in [1.29, 1.82) is 0 Å². The number of halogens is 3. The molecule has 3 rings (SSSR count). The number of hydrogen-bond donors (Lipinski definition) is 2. The number of aromatic nitrogens is 2. The summed E-state index contributed by atoms with van der Waals surface area (Å²) in [7, 11) is 0. The Morgan fingerprint density at radius 1 is 1.28 bits per heavy atom. The first kappa shape index (κ1) is 21.9. The zero-order valence-corrected chi connectivity index (χ0v) is 17.2. The number of carbonyl (C=O) groups excluding carboxylic acids is 1. The monoisotopic (exact) mass is 433 g/mol. The molecular weight excluding hydrogens is 407 g/mol. The number of piperazine rings is 1. The Bertz CT molecular complexity index is 726. The Hall–Kier alpha value is -1.75. The summed E-state index contributed by atoms with van der Waals surface area (Å²) in [4.78, 5) is 24.4. The van der Waals surface area contributed by atoms with E-state index in [4.69, 9.17) is 5.11 Å². The van der Waals surface area contributed by atoms with Gasteiger partial charge in [-0.1, -0.05) is 6.92 Å². The van der Waals surface area contributed by atoms with Crippen LogP contribution in [0.5, 0.6) is 0 Å². The van der Waals surface area contributed by atoms with Crippen molar-refractivity contribution in [3.63, 3.8) is 0 Å². The van der Waals surface area contributed by atoms with Crippen molar-refractivity contribution in [3.05, 3.63) is 5.56 Å². The highest BCUT2D eigenvalue weighted by Gasteiger charge is 2.35. The molecule has 1 unspecified atom stereocenters. The summed E-state index contributed by atoms with van der Waals surface area (Å²) < 4.78 is 37.5. The van der Waals surface area contributed by atoms with Crippen LogP contribution in [-0.2, 0) is 11.2 Å². The van der Waals surface area contributed by atoms with Crippen molar-refractivity contribution in [3.8, 4) is 0 Å². The molecule has 1 fully saturated rings. The van der Waals surface area contributed by atoms with Crippen LogP contribution in [0, 0.1) is 0 Å². The van der Waals surface area contributed by atoms with Crippen LogP contribution in [0.25, 0.3) is 0 Å². The van der Waals surface area contributed by atoms with E-state index in [0.29, 0.717) is 37.3 Å². The number of aliphatic hydroxyl groups is 1. The summed E-state index contributed by atoms with van der Waals surface area (Å²) in [6.07, 6.45) is -3.45. The van der Waals surface area contributed by atoms with Crippen LogP contribution in [0.3, 0.4) is 0 Å². The van der Waals surface area contributed by atoms with E-state index in [1.807, 2.05) is 4.90 Å². The predicted octanol–water partition coefficient (Wildman–Crippen LogP) is 2.30. The lowest BCUT2D eigenvalue weighted by atomic mass is 10.1. The van der Waals surface area contributed by atoms with Crippen LogP contribution in [0.1, 0.15) is 31.7 Å². The lowest BCUT2D eigenvalue weighted by Gasteiger charge is -2.36. The smallest absolute Gasteiger partial charge is 0.396 e. The molecule has 2 N–H and O–H groups in total. The van der Waals surface area contributed by atoms with Crippen molar-refractivity contribution >= 4 is 29.4 Å². The number of hydrogen-bond acceptors (Lipinski definition) is 7. The number of alkyl halides is 3. The molecule has 1 aromatic rings. The third kappa shape index (κ3) is 5.65. The number of rotatable bonds is 7. The van der Waals surface area contributed by atoms with Crippen molar-refractivity contribution < 1.29 is 23.1 Å². The lowest BCUT2D eigenvalue weighted by molar-refractivity contribution is -0.161. The minimum atomic E-state index is -4.48. The number of nitrogens with zero attached hydrogens (tertiary/aromatic N) is 4. The molecule has 0 aromatic carbocycles. The number of thioether (sulfide) groups is 1. The van der Waals surface area contributed by atoms with Crippen LogP contribution >= 0.6 is 11.8 Å². The number of amides is 1. The molecule has 2 aliphatic rings. The molecule has 0 bridgehead atoms. The van der Waals surface area contributed by atoms with Gasteiger partial charge in [-0.05, 0) is 19.3 Å². The number of fused-ring (bicyclic) bond motifs is 1. The highest BCUT2D eigenvalue weighted by Crippen LogP contribution is 2.42. The topological polar surface area (TPSA) is 81.6 Å². The Kier molecular flexibility index (Phi) is 7.10. The summed E-state index contributed by atoms with van der Waals surface area (Å²) in [6.45, 7) is 4.11. The third-order valence-corrected chi connectivity index (χ3v) is 6.41. The summed E-state index contributed by atoms with van der Waals surface area (Å²) in [5, 5.41) is 13.5. The normalized spacial score (nSPS) is 19.4. The summed E-state index contributed by atoms with van der Waals surface area (Å²) in [5.74, 6) is 0.415. The molecular formula is C18H26F3N5O2S. The van der Waals surface area contributed by atoms with Gasteiger partial charge in [-0.3, -0.25) is 4.79 Å². The second-order valence-electron chi connectivity index (χ2n) is 7.17. The van der Waals surface area contributed by atoms with Gasteiger partial charge in [0.15, 0.2) is 0 Å². The van der Waals surface area contributed by atoms with Crippen molar-refractivity contribution in [1.82, 2.24) is 14.9 Å². The molecule has 2 aliphatic heterocycles. The van der Waals surface area contributed by atoms with Gasteiger partial charge in [-0.25, -0.2) is 4.98 Å². The van der Waals surface area contributed by atoms with E-state index >= 15 is 0 Å². The van der Waals surface area contributed by atoms with Gasteiger partial charge in [0.05, 0.1) is 0 Å². The quantitative estimate of drug-likeness (QED) is 0.504. The summed E-state index contributed by atoms with van der Waals surface area (Å²) in [6, 6.07) is 0. The third-order valence-electron chi connectivity index (χ3n) is 5.01. The number of carbonyl (C=O) groups is 1. The standard InChI is InChI=1S/C18H26F3N5O2S/c1-2-12-10-13-15(23-17(22-4-3-9-27)24-16(13)29-12)26-7-5-25(6-8-26)14(28)11-18(19,20)21/h12,27H,2-11H2,1H3,(H,22,23,24). The van der Waals surface area contributed by atoms with E-state index in [9.17, 15) is 18.0 Å². The van der Waals surface area contributed by atoms with E-state index in [2.05, 4.69) is 22.2 Å². The SMILES string of the molecule is CCC1Cc2c(nc(NCCCO)nc2N2CCN(C(=O)CC(F)(F)F)CC2)S1. The first-order valence-electron chi connectivity index (χ1n) is 9.82. The maximum absolute atomic E-state index is 12.5. The lowest BCUT2D eigenvalue weighted by Crippen LogP contribution is -2.50. The van der Waals surface area contributed by atoms with Gasteiger partial charge in [0, 0.05) is 50.1 Å². The number of aliphatic hydroxyl groups excluding tert-OH is 1. The first-order chi connectivity index (χ1) is 13.8. The van der Waals surface area contributed by atoms with Crippen molar-refractivity contribution in [2.75, 3.05) is 49.5 Å². The maximum atomic E-state index is 12.5. The van der Waals surface area contributed by atoms with Gasteiger partial charge < -0.3 is 20.2 Å². The van der Waals surface area contributed by atoms with Crippen LogP contribution in [0.4, 0.5) is 24.9 Å². The average Bonchev–Trinajstić information content (AvgIpc) is 3.09. The first-order valence-corrected chi connectivity index (χ1v) is 10.7. The second kappa shape index (κ2) is 9.38. The Balaban J connectivity index is 1.72. The van der Waals surface area contributed by atoms with Crippen LogP contribution < -0.4 is 10.2 Å². The van der Waals surface area contributed by atoms with Gasteiger partial charge in [-0.15, -0.1) is 11.8 Å². The fourth-order valence-corrected chi connectivity index (χ4v) is 4.64. The molecule has 0 spiro atoms. The van der Waals surface area contributed by atoms with Crippen molar-refractivity contribution in [2.45, 2.75) is 49.1 Å². The van der Waals surface area contributed by atoms with E-state index in [1.165, 1.54) is 4.90 Å². The molecule has 0 aliphatic carbocycles. The average molecular weight is 434 g/mol. The summed E-state index contributed by atoms with van der Waals surface area (Å²) >= 11 is 1.72. The van der Waals surface area contributed by atoms with Gasteiger partial charge in [-0.2, -0.15) is 18.2 Å². The van der Waals surface area contributed by atoms with Crippen LogP contribution in [0.15, 0.2) is 5.03 Å². The Morgan fingerprint density at radius 3 is 2.62 bits per heavy atom. The van der Waals surface area contributed by atoms with E-state index in [-0.39, 0.29) is 19.7 Å². The highest BCUT2D eigenvalue weighted by molar-refractivity contribution is 8.00. The molecule has 3 heterocycles. The zero-order chi connectivity index (χ0) is 21.0. The Labute approximate surface area is 172 Å². The van der Waals surface area contributed by atoms with Gasteiger partial charge >= 0.3 is 6.18 Å². The summed E-state index contributed by atoms with van der Waals surface area (Å²) in [5.41, 5.74) is 1.07. The fourth-order valence-electron chi connectivity index (χ4n) is 3.45. The van der Waals surface area contributed by atoms with Gasteiger partial charge in [0.1, 0.15) is 17.3 Å². The van der Waals surface area contributed by atoms with E-state index < -0.39 is 18.5 Å². The second-order valence-corrected chi connectivity index (χ2v) is 8.46. The van der Waals surface area contributed by atoms with Crippen molar-refractivity contribution in [2.24, 2.45) is 0 Å². The molecule has 1 atom stereocenters. The van der Waals surface area contributed by atoms with Gasteiger partial charge in [0.25, 0.3) is 0 Å². The maximum Gasteiger partial charge on any atom is 0.397 e. The molecule has 1 saturated heterocycles. The molecule has 0 radical (unpaired) electrons. The Morgan fingerprint density at radius 2 is 2.00 bits per heavy atom. The fraction of sp³-hybridized carbons (Fsp3) is 0.722. The molecule has 7 nitrogen and oxygen atoms in total. The zero-order valence-electron chi connectivity index (χ0n) is 16.3. The minimum Gasteiger partial charge on any atom is -0.396 e. The van der Waals surface area contributed by atoms with Crippen LogP contribution in [-0.4, -0.2) is 76.6 Å². The molecule has 11 heteroatoms. The molecule has 0 saturated carbocycles. The molecule has 1 aromatic heterocycles. The number of nitrogens with one attached hydrogen (secondary N) is 1. The molecule has 162 valence electrons. The predicted molar refractivity (Wildman–Crippen MR) is 105 cm³/mol. The minimum absolute atomic E-state index is 0.0748. The van der Waals surface area contributed by atoms with Gasteiger partial charge in [0.2, 0.25) is 11.9 Å². The largest absolute Gasteiger partial charge is 0.397 e. The molecule has 1 amide bonds. The highest BCUT2D eigenvalue weighted by atomic mass is 32.2. The van der Waals surface area contributed by atoms with Crippen LogP contribution in [0.2, 0.25) is 0 Å². The molecule has 29 heavy (non-hydrogen) atoms. The number of anilines is 2.